The van der Waals surface area contributed by atoms with E-state index >= 15 is 0 Å². The third-order valence-corrected chi connectivity index (χ3v) is 6.65. The van der Waals surface area contributed by atoms with Crippen LogP contribution in [-0.2, 0) is 0 Å². The van der Waals surface area contributed by atoms with E-state index in [-0.39, 0.29) is 5.54 Å². The minimum absolute atomic E-state index is 0.156. The molecule has 4 atom stereocenters. The molecule has 4 heterocycles. The Kier molecular flexibility index (Phi) is 4.02. The van der Waals surface area contributed by atoms with Crippen molar-refractivity contribution in [2.45, 2.75) is 55.9 Å². The summed E-state index contributed by atoms with van der Waals surface area (Å²) in [7, 11) is 0. The van der Waals surface area contributed by atoms with E-state index in [2.05, 4.69) is 66.7 Å². The molecule has 1 saturated heterocycles. The predicted octanol–water partition coefficient (Wildman–Crippen LogP) is 3.68. The number of rotatable bonds is 5. The van der Waals surface area contributed by atoms with Gasteiger partial charge in [-0.15, -0.1) is 0 Å². The lowest BCUT2D eigenvalue weighted by atomic mass is 9.82. The molecule has 0 radical (unpaired) electrons. The van der Waals surface area contributed by atoms with Gasteiger partial charge in [0.2, 0.25) is 0 Å². The number of hydrogen-bond donors (Lipinski definition) is 1. The van der Waals surface area contributed by atoms with Gasteiger partial charge in [-0.25, -0.2) is 0 Å². The van der Waals surface area contributed by atoms with Crippen LogP contribution < -0.4 is 0 Å². The maximum absolute atomic E-state index is 4.67. The van der Waals surface area contributed by atoms with Crippen LogP contribution in [0, 0.1) is 5.92 Å². The van der Waals surface area contributed by atoms with Gasteiger partial charge < -0.3 is 0 Å². The van der Waals surface area contributed by atoms with Crippen molar-refractivity contribution >= 4 is 12.6 Å². The smallest absolute Gasteiger partial charge is 0.0595 e. The Morgan fingerprint density at radius 3 is 2.74 bits per heavy atom. The van der Waals surface area contributed by atoms with Crippen LogP contribution in [0.15, 0.2) is 36.0 Å². The number of thiol groups is 1. The fourth-order valence-corrected chi connectivity index (χ4v) is 5.70. The number of fused-ring (bicyclic) bond motifs is 2. The van der Waals surface area contributed by atoms with Crippen molar-refractivity contribution in [3.8, 4) is 0 Å². The zero-order valence-corrected chi connectivity index (χ0v) is 15.4. The van der Waals surface area contributed by atoms with E-state index in [4.69, 9.17) is 0 Å². The largest absolute Gasteiger partial charge is 0.291 e. The summed E-state index contributed by atoms with van der Waals surface area (Å²) in [6.07, 6.45) is 17.4. The van der Waals surface area contributed by atoms with E-state index in [0.717, 1.165) is 19.5 Å². The molecule has 0 aromatic heterocycles. The first-order valence-electron chi connectivity index (χ1n) is 9.28. The molecule has 2 nitrogen and oxygen atoms in total. The summed E-state index contributed by atoms with van der Waals surface area (Å²) in [5.74, 6) is 0.671. The quantitative estimate of drug-likeness (QED) is 0.607. The standard InChI is InChI=1S/C20H30N2S/c1-16(12-19-6-3-9-21(19)10-4-7-19)18-14-20(13-17(2)23)8-5-11-22(20)15-18/h3,5-6,8,14,16-17,23H,4,7,9-13,15H2,1-2H3. The Balaban J connectivity index is 1.52. The molecule has 1 fully saturated rings. The van der Waals surface area contributed by atoms with E-state index < -0.39 is 0 Å². The van der Waals surface area contributed by atoms with E-state index in [1.165, 1.54) is 32.4 Å². The van der Waals surface area contributed by atoms with E-state index in [1.807, 2.05) is 0 Å². The summed E-state index contributed by atoms with van der Waals surface area (Å²) in [4.78, 5) is 5.34. The summed E-state index contributed by atoms with van der Waals surface area (Å²) >= 11 is 4.67. The molecular weight excluding hydrogens is 300 g/mol. The van der Waals surface area contributed by atoms with E-state index in [1.54, 1.807) is 5.57 Å². The van der Waals surface area contributed by atoms with Gasteiger partial charge >= 0.3 is 0 Å². The molecule has 23 heavy (non-hydrogen) atoms. The first kappa shape index (κ1) is 16.0. The topological polar surface area (TPSA) is 6.48 Å². The normalized spacial score (nSPS) is 38.8. The van der Waals surface area contributed by atoms with Crippen LogP contribution in [-0.4, -0.2) is 52.3 Å². The van der Waals surface area contributed by atoms with Crippen molar-refractivity contribution in [3.63, 3.8) is 0 Å². The summed E-state index contributed by atoms with van der Waals surface area (Å²) in [5, 5.41) is 0.438. The molecule has 0 spiro atoms. The highest BCUT2D eigenvalue weighted by Crippen LogP contribution is 2.44. The fraction of sp³-hybridized carbons (Fsp3) is 0.700. The van der Waals surface area contributed by atoms with Crippen LogP contribution in [0.25, 0.3) is 0 Å². The van der Waals surface area contributed by atoms with Crippen molar-refractivity contribution in [2.75, 3.05) is 26.2 Å². The Morgan fingerprint density at radius 1 is 1.13 bits per heavy atom. The minimum atomic E-state index is 0.156. The molecule has 3 heteroatoms. The molecule has 4 aliphatic heterocycles. The highest BCUT2D eigenvalue weighted by molar-refractivity contribution is 7.80. The Labute approximate surface area is 146 Å². The lowest BCUT2D eigenvalue weighted by Crippen LogP contribution is -2.41. The summed E-state index contributed by atoms with van der Waals surface area (Å²) < 4.78 is 0. The molecule has 126 valence electrons. The highest BCUT2D eigenvalue weighted by atomic mass is 32.1. The van der Waals surface area contributed by atoms with Gasteiger partial charge in [-0.3, -0.25) is 9.80 Å². The second kappa shape index (κ2) is 5.79. The summed E-state index contributed by atoms with van der Waals surface area (Å²) in [6, 6.07) is 0. The van der Waals surface area contributed by atoms with Crippen molar-refractivity contribution in [1.29, 1.82) is 0 Å². The van der Waals surface area contributed by atoms with Crippen LogP contribution >= 0.6 is 12.6 Å². The van der Waals surface area contributed by atoms with E-state index in [9.17, 15) is 0 Å². The van der Waals surface area contributed by atoms with Gasteiger partial charge in [-0.2, -0.15) is 12.6 Å². The van der Waals surface area contributed by atoms with E-state index in [0.29, 0.717) is 16.7 Å². The molecule has 4 unspecified atom stereocenters. The first-order valence-corrected chi connectivity index (χ1v) is 9.80. The zero-order chi connectivity index (χ0) is 16.1. The Bertz CT molecular complexity index is 564. The van der Waals surface area contributed by atoms with Gasteiger partial charge in [0.15, 0.2) is 0 Å². The SMILES string of the molecule is CC(S)CC12C=CCN1CC(C(C)CC13C=CCN1CCC3)=C2. The van der Waals surface area contributed by atoms with Crippen molar-refractivity contribution < 1.29 is 0 Å². The van der Waals surface area contributed by atoms with Gasteiger partial charge in [0.25, 0.3) is 0 Å². The average molecular weight is 331 g/mol. The third-order valence-electron chi connectivity index (χ3n) is 6.47. The van der Waals surface area contributed by atoms with Crippen LogP contribution in [0.2, 0.25) is 0 Å². The molecule has 4 rings (SSSR count). The van der Waals surface area contributed by atoms with Crippen LogP contribution in [0.1, 0.15) is 39.5 Å². The van der Waals surface area contributed by atoms with Crippen LogP contribution in [0.5, 0.6) is 0 Å². The van der Waals surface area contributed by atoms with Crippen molar-refractivity contribution in [3.05, 3.63) is 36.0 Å². The molecule has 0 N–H and O–H groups in total. The maximum Gasteiger partial charge on any atom is 0.0595 e. The lowest BCUT2D eigenvalue weighted by molar-refractivity contribution is 0.192. The molecule has 0 bridgehead atoms. The van der Waals surface area contributed by atoms with Crippen LogP contribution in [0.3, 0.4) is 0 Å². The summed E-state index contributed by atoms with van der Waals surface area (Å²) in [5.41, 5.74) is 2.18. The van der Waals surface area contributed by atoms with Crippen LogP contribution in [0.4, 0.5) is 0 Å². The summed E-state index contributed by atoms with van der Waals surface area (Å²) in [6.45, 7) is 9.37. The van der Waals surface area contributed by atoms with Gasteiger partial charge in [-0.05, 0) is 38.1 Å². The molecule has 0 amide bonds. The van der Waals surface area contributed by atoms with Gasteiger partial charge in [0.05, 0.1) is 5.54 Å². The monoisotopic (exact) mass is 330 g/mol. The minimum Gasteiger partial charge on any atom is -0.291 e. The van der Waals surface area contributed by atoms with Gasteiger partial charge in [0.1, 0.15) is 0 Å². The second-order valence-electron chi connectivity index (χ2n) is 8.21. The molecule has 4 aliphatic rings. The molecule has 0 aromatic rings. The zero-order valence-electron chi connectivity index (χ0n) is 14.5. The second-order valence-corrected chi connectivity index (χ2v) is 9.09. The molecule has 0 aliphatic carbocycles. The Morgan fingerprint density at radius 2 is 1.91 bits per heavy atom. The Hall–Kier alpha value is -0.510. The van der Waals surface area contributed by atoms with Gasteiger partial charge in [0, 0.05) is 30.4 Å². The van der Waals surface area contributed by atoms with Crippen molar-refractivity contribution in [1.82, 2.24) is 9.80 Å². The number of nitrogens with zero attached hydrogens (tertiary/aromatic N) is 2. The maximum atomic E-state index is 4.67. The third kappa shape index (κ3) is 2.65. The first-order chi connectivity index (χ1) is 11.0. The fourth-order valence-electron chi connectivity index (χ4n) is 5.40. The molecule has 0 saturated carbocycles. The lowest BCUT2D eigenvalue weighted by Gasteiger charge is -2.34. The number of hydrogen-bond acceptors (Lipinski definition) is 3. The van der Waals surface area contributed by atoms with Gasteiger partial charge in [-0.1, -0.05) is 49.8 Å². The molecule has 0 aromatic carbocycles. The van der Waals surface area contributed by atoms with Crippen molar-refractivity contribution in [2.24, 2.45) is 5.92 Å². The molecular formula is C20H30N2S. The predicted molar refractivity (Wildman–Crippen MR) is 101 cm³/mol. The average Bonchev–Trinajstić information content (AvgIpc) is 3.15. The highest BCUT2D eigenvalue weighted by Gasteiger charge is 2.45.